The van der Waals surface area contributed by atoms with E-state index in [2.05, 4.69) is 26.0 Å². The second-order valence-corrected chi connectivity index (χ2v) is 13.1. The van der Waals surface area contributed by atoms with Crippen molar-refractivity contribution in [1.82, 2.24) is 0 Å². The zero-order chi connectivity index (χ0) is 28.7. The first kappa shape index (κ1) is 38.6. The topological polar surface area (TPSA) is 63.6 Å². The van der Waals surface area contributed by atoms with Gasteiger partial charge in [0.15, 0.2) is 0 Å². The van der Waals surface area contributed by atoms with Crippen molar-refractivity contribution < 1.29 is 17.2 Å². The van der Waals surface area contributed by atoms with E-state index in [1.165, 1.54) is 161 Å². The van der Waals surface area contributed by atoms with Gasteiger partial charge in [-0.1, -0.05) is 187 Å². The van der Waals surface area contributed by atoms with Crippen LogP contribution in [0.4, 0.5) is 0 Å². The average Bonchev–Trinajstić information content (AvgIpc) is 2.91. The van der Waals surface area contributed by atoms with Crippen LogP contribution in [0.5, 0.6) is 0 Å². The van der Waals surface area contributed by atoms with Crippen molar-refractivity contribution in [3.05, 3.63) is 12.2 Å². The van der Waals surface area contributed by atoms with Gasteiger partial charge in [0.1, 0.15) is 0 Å². The Balaban J connectivity index is 3.73. The Morgan fingerprint density at radius 2 is 0.872 bits per heavy atom. The highest BCUT2D eigenvalue weighted by atomic mass is 32.3. The van der Waals surface area contributed by atoms with Crippen molar-refractivity contribution >= 4 is 10.4 Å². The molecule has 39 heavy (non-hydrogen) atoms. The van der Waals surface area contributed by atoms with Gasteiger partial charge in [0.2, 0.25) is 0 Å². The molecular weight excluding hydrogens is 504 g/mol. The van der Waals surface area contributed by atoms with Gasteiger partial charge in [-0.2, -0.15) is 8.42 Å². The van der Waals surface area contributed by atoms with Crippen LogP contribution in [0.25, 0.3) is 0 Å². The third kappa shape index (κ3) is 33.7. The third-order valence-electron chi connectivity index (χ3n) is 7.99. The van der Waals surface area contributed by atoms with Crippen molar-refractivity contribution in [2.24, 2.45) is 5.92 Å². The van der Waals surface area contributed by atoms with E-state index >= 15 is 0 Å². The van der Waals surface area contributed by atoms with E-state index < -0.39 is 10.4 Å². The summed E-state index contributed by atoms with van der Waals surface area (Å²) < 4.78 is 35.8. The molecule has 1 atom stereocenters. The van der Waals surface area contributed by atoms with Crippen LogP contribution in [-0.2, 0) is 14.6 Å². The Bertz CT molecular complexity index is 602. The Kier molecular flexibility index (Phi) is 30.3. The summed E-state index contributed by atoms with van der Waals surface area (Å²) in [5.41, 5.74) is 0. The molecule has 0 aliphatic carbocycles. The van der Waals surface area contributed by atoms with Crippen LogP contribution in [0.15, 0.2) is 12.2 Å². The molecule has 0 radical (unpaired) electrons. The Labute approximate surface area is 245 Å². The van der Waals surface area contributed by atoms with Gasteiger partial charge in [-0.25, -0.2) is 4.18 Å². The van der Waals surface area contributed by atoms with Gasteiger partial charge in [-0.15, -0.1) is 0 Å². The van der Waals surface area contributed by atoms with Gasteiger partial charge in [0.25, 0.3) is 0 Å². The summed E-state index contributed by atoms with van der Waals surface area (Å²) in [7, 11) is -4.37. The molecule has 1 N–H and O–H groups in total. The minimum Gasteiger partial charge on any atom is -0.264 e. The van der Waals surface area contributed by atoms with E-state index in [9.17, 15) is 8.42 Å². The summed E-state index contributed by atoms with van der Waals surface area (Å²) in [5.74, 6) is 0.0573. The zero-order valence-electron chi connectivity index (χ0n) is 26.3. The monoisotopic (exact) mass is 572 g/mol. The molecule has 0 amide bonds. The van der Waals surface area contributed by atoms with Crippen LogP contribution in [0.3, 0.4) is 0 Å². The lowest BCUT2D eigenvalue weighted by atomic mass is 9.99. The van der Waals surface area contributed by atoms with Crippen LogP contribution in [0.1, 0.15) is 194 Å². The molecule has 234 valence electrons. The van der Waals surface area contributed by atoms with Gasteiger partial charge in [-0.05, 0) is 19.3 Å². The third-order valence-corrected chi connectivity index (χ3v) is 8.43. The van der Waals surface area contributed by atoms with Crippen LogP contribution >= 0.6 is 0 Å². The lowest BCUT2D eigenvalue weighted by Gasteiger charge is -2.12. The number of allylic oxidation sites excluding steroid dienone is 1. The van der Waals surface area contributed by atoms with Gasteiger partial charge < -0.3 is 0 Å². The van der Waals surface area contributed by atoms with Crippen LogP contribution in [-0.4, -0.2) is 19.6 Å². The van der Waals surface area contributed by atoms with Crippen LogP contribution in [0.2, 0.25) is 0 Å². The van der Waals surface area contributed by atoms with E-state index in [1.807, 2.05) is 0 Å². The molecule has 4 nitrogen and oxygen atoms in total. The van der Waals surface area contributed by atoms with E-state index in [1.54, 1.807) is 0 Å². The standard InChI is InChI=1S/C34H68O4S/c1-3-5-7-9-11-13-15-16-17-18-19-20-22-24-26-28-30-32-34(33-38-39(35,36)37)31-29-27-25-23-21-14-12-10-8-6-4-2/h29,31,34H,3-28,30,32-33H2,1-2H3,(H,35,36,37)/b31-29+. The van der Waals surface area contributed by atoms with E-state index in [0.717, 1.165) is 19.3 Å². The Morgan fingerprint density at radius 3 is 1.23 bits per heavy atom. The molecule has 0 spiro atoms. The first-order valence-electron chi connectivity index (χ1n) is 17.3. The molecule has 0 rings (SSSR count). The SMILES string of the molecule is CCCCCCCCCCC/C=C/C(CCCCCCCCCCCCCCCCCCC)COS(=O)(=O)O. The van der Waals surface area contributed by atoms with Crippen molar-refractivity contribution in [3.8, 4) is 0 Å². The van der Waals surface area contributed by atoms with Crippen molar-refractivity contribution in [3.63, 3.8) is 0 Å². The number of hydrogen-bond donors (Lipinski definition) is 1. The molecule has 0 bridgehead atoms. The summed E-state index contributed by atoms with van der Waals surface area (Å²) in [6.07, 6.45) is 41.2. The van der Waals surface area contributed by atoms with Crippen LogP contribution in [0, 0.1) is 5.92 Å². The predicted octanol–water partition coefficient (Wildman–Crippen LogP) is 11.9. The minimum absolute atomic E-state index is 0.0476. The highest BCUT2D eigenvalue weighted by Gasteiger charge is 2.11. The number of rotatable bonds is 32. The molecule has 1 unspecified atom stereocenters. The molecule has 0 aromatic carbocycles. The Morgan fingerprint density at radius 1 is 0.538 bits per heavy atom. The zero-order valence-corrected chi connectivity index (χ0v) is 27.1. The highest BCUT2D eigenvalue weighted by molar-refractivity contribution is 7.80. The fraction of sp³-hybridized carbons (Fsp3) is 0.941. The smallest absolute Gasteiger partial charge is 0.264 e. The molecule has 0 aromatic heterocycles. The molecule has 0 saturated carbocycles. The lowest BCUT2D eigenvalue weighted by Crippen LogP contribution is -2.12. The molecule has 0 aromatic rings. The fourth-order valence-electron chi connectivity index (χ4n) is 5.40. The first-order chi connectivity index (χ1) is 19.0. The molecule has 0 fully saturated rings. The van der Waals surface area contributed by atoms with Gasteiger partial charge in [0.05, 0.1) is 6.61 Å². The maximum absolute atomic E-state index is 11.0. The summed E-state index contributed by atoms with van der Waals surface area (Å²) in [5, 5.41) is 0. The summed E-state index contributed by atoms with van der Waals surface area (Å²) in [6.45, 7) is 4.59. The molecular formula is C34H68O4S. The van der Waals surface area contributed by atoms with Gasteiger partial charge in [-0.3, -0.25) is 4.55 Å². The number of hydrogen-bond acceptors (Lipinski definition) is 3. The first-order valence-corrected chi connectivity index (χ1v) is 18.6. The lowest BCUT2D eigenvalue weighted by molar-refractivity contribution is 0.234. The van der Waals surface area contributed by atoms with Gasteiger partial charge >= 0.3 is 10.4 Å². The van der Waals surface area contributed by atoms with Crippen molar-refractivity contribution in [2.45, 2.75) is 194 Å². The second kappa shape index (κ2) is 30.6. The average molecular weight is 573 g/mol. The minimum atomic E-state index is -4.37. The summed E-state index contributed by atoms with van der Waals surface area (Å²) in [6, 6.07) is 0. The van der Waals surface area contributed by atoms with Crippen molar-refractivity contribution in [2.75, 3.05) is 6.61 Å². The summed E-state index contributed by atoms with van der Waals surface area (Å²) in [4.78, 5) is 0. The Hall–Kier alpha value is -0.390. The molecule has 0 aliphatic heterocycles. The van der Waals surface area contributed by atoms with Crippen LogP contribution < -0.4 is 0 Å². The number of unbranched alkanes of at least 4 members (excludes halogenated alkanes) is 25. The predicted molar refractivity (Wildman–Crippen MR) is 171 cm³/mol. The largest absolute Gasteiger partial charge is 0.397 e. The molecule has 5 heteroatoms. The van der Waals surface area contributed by atoms with E-state index in [-0.39, 0.29) is 12.5 Å². The normalized spacial score (nSPS) is 13.0. The maximum atomic E-state index is 11.0. The molecule has 0 saturated heterocycles. The van der Waals surface area contributed by atoms with Crippen molar-refractivity contribution in [1.29, 1.82) is 0 Å². The quantitative estimate of drug-likeness (QED) is 0.0494. The second-order valence-electron chi connectivity index (χ2n) is 12.0. The van der Waals surface area contributed by atoms with E-state index in [4.69, 9.17) is 8.74 Å². The van der Waals surface area contributed by atoms with Gasteiger partial charge in [0, 0.05) is 5.92 Å². The molecule has 0 aliphatic rings. The summed E-state index contributed by atoms with van der Waals surface area (Å²) >= 11 is 0. The maximum Gasteiger partial charge on any atom is 0.397 e. The molecule has 0 heterocycles. The highest BCUT2D eigenvalue weighted by Crippen LogP contribution is 2.18. The van der Waals surface area contributed by atoms with E-state index in [0.29, 0.717) is 0 Å². The fourth-order valence-corrected chi connectivity index (χ4v) is 5.75.